The van der Waals surface area contributed by atoms with Crippen molar-refractivity contribution in [2.75, 3.05) is 20.1 Å². The summed E-state index contributed by atoms with van der Waals surface area (Å²) in [5, 5.41) is 7.82. The largest absolute Gasteiger partial charge is 0.338 e. The number of carbonyl (C=O) groups excluding carboxylic acids is 1. The highest BCUT2D eigenvalue weighted by molar-refractivity contribution is 5.80. The van der Waals surface area contributed by atoms with Crippen molar-refractivity contribution >= 4 is 5.91 Å². The third-order valence-electron chi connectivity index (χ3n) is 4.53. The van der Waals surface area contributed by atoms with Crippen molar-refractivity contribution in [2.45, 2.75) is 59.5 Å². The minimum atomic E-state index is 0.244. The Morgan fingerprint density at radius 3 is 2.77 bits per heavy atom. The van der Waals surface area contributed by atoms with Crippen LogP contribution < -0.4 is 5.32 Å². The maximum atomic E-state index is 12.7. The normalized spacial score (nSPS) is 18.5. The second-order valence-electron chi connectivity index (χ2n) is 6.84. The van der Waals surface area contributed by atoms with Crippen LogP contribution in [0.25, 0.3) is 0 Å². The molecule has 0 radical (unpaired) electrons. The summed E-state index contributed by atoms with van der Waals surface area (Å²) in [6.45, 7) is 11.2. The molecule has 1 aromatic heterocycles. The Kier molecular flexibility index (Phi) is 5.62. The number of nitrogens with zero attached hydrogens (tertiary/aromatic N) is 3. The third-order valence-corrected chi connectivity index (χ3v) is 4.53. The SMILES string of the molecule is CNCC1CCCN1C(=O)Cc1c(C)nn(CC(C)C)c1C. The zero-order chi connectivity index (χ0) is 16.3. The highest BCUT2D eigenvalue weighted by Crippen LogP contribution is 2.21. The Hall–Kier alpha value is -1.36. The van der Waals surface area contributed by atoms with E-state index in [-0.39, 0.29) is 5.91 Å². The van der Waals surface area contributed by atoms with Crippen LogP contribution >= 0.6 is 0 Å². The van der Waals surface area contributed by atoms with Crippen molar-refractivity contribution in [3.63, 3.8) is 0 Å². The lowest BCUT2D eigenvalue weighted by Gasteiger charge is -2.24. The van der Waals surface area contributed by atoms with E-state index in [0.717, 1.165) is 49.4 Å². The van der Waals surface area contributed by atoms with E-state index >= 15 is 0 Å². The molecule has 0 aromatic carbocycles. The maximum absolute atomic E-state index is 12.7. The number of hydrogen-bond acceptors (Lipinski definition) is 3. The zero-order valence-corrected chi connectivity index (χ0v) is 14.6. The van der Waals surface area contributed by atoms with E-state index in [9.17, 15) is 4.79 Å². The molecule has 1 aliphatic rings. The highest BCUT2D eigenvalue weighted by atomic mass is 16.2. The number of aryl methyl sites for hydroxylation is 1. The van der Waals surface area contributed by atoms with E-state index in [4.69, 9.17) is 0 Å². The van der Waals surface area contributed by atoms with Crippen LogP contribution in [-0.2, 0) is 17.8 Å². The van der Waals surface area contributed by atoms with E-state index < -0.39 is 0 Å². The fourth-order valence-electron chi connectivity index (χ4n) is 3.38. The molecule has 0 aliphatic carbocycles. The van der Waals surface area contributed by atoms with Gasteiger partial charge in [-0.05, 0) is 39.7 Å². The van der Waals surface area contributed by atoms with E-state index in [0.29, 0.717) is 18.4 Å². The van der Waals surface area contributed by atoms with Crippen LogP contribution in [0.15, 0.2) is 0 Å². The first-order chi connectivity index (χ1) is 10.4. The molecule has 1 amide bonds. The summed E-state index contributed by atoms with van der Waals surface area (Å²) in [5.41, 5.74) is 3.25. The summed E-state index contributed by atoms with van der Waals surface area (Å²) < 4.78 is 2.05. The number of likely N-dealkylation sites (N-methyl/N-ethyl adjacent to an activating group) is 1. The van der Waals surface area contributed by atoms with E-state index in [1.165, 1.54) is 0 Å². The second kappa shape index (κ2) is 7.27. The molecule has 1 N–H and O–H groups in total. The molecule has 124 valence electrons. The molecule has 1 atom stereocenters. The fourth-order valence-corrected chi connectivity index (χ4v) is 3.38. The highest BCUT2D eigenvalue weighted by Gasteiger charge is 2.29. The van der Waals surface area contributed by atoms with E-state index in [2.05, 4.69) is 40.8 Å². The smallest absolute Gasteiger partial charge is 0.227 e. The van der Waals surface area contributed by atoms with Crippen molar-refractivity contribution in [3.05, 3.63) is 17.0 Å². The first kappa shape index (κ1) is 17.0. The summed E-state index contributed by atoms with van der Waals surface area (Å²) >= 11 is 0. The molecule has 0 spiro atoms. The Bertz CT molecular complexity index is 521. The monoisotopic (exact) mass is 306 g/mol. The predicted octanol–water partition coefficient (Wildman–Crippen LogP) is 1.91. The summed E-state index contributed by atoms with van der Waals surface area (Å²) in [6.07, 6.45) is 2.70. The van der Waals surface area contributed by atoms with Gasteiger partial charge in [-0.3, -0.25) is 9.48 Å². The summed E-state index contributed by atoms with van der Waals surface area (Å²) in [4.78, 5) is 14.7. The average Bonchev–Trinajstić information content (AvgIpc) is 2.99. The molecule has 1 unspecified atom stereocenters. The molecule has 5 nitrogen and oxygen atoms in total. The molecule has 1 saturated heterocycles. The van der Waals surface area contributed by atoms with Crippen LogP contribution in [0.1, 0.15) is 43.6 Å². The van der Waals surface area contributed by atoms with Crippen molar-refractivity contribution < 1.29 is 4.79 Å². The molecule has 1 fully saturated rings. The van der Waals surface area contributed by atoms with Gasteiger partial charge in [0.05, 0.1) is 12.1 Å². The number of carbonyl (C=O) groups is 1. The molecular formula is C17H30N4O. The molecule has 22 heavy (non-hydrogen) atoms. The molecule has 0 saturated carbocycles. The van der Waals surface area contributed by atoms with Gasteiger partial charge in [-0.1, -0.05) is 13.8 Å². The quantitative estimate of drug-likeness (QED) is 0.873. The van der Waals surface area contributed by atoms with E-state index in [1.807, 2.05) is 14.0 Å². The predicted molar refractivity (Wildman–Crippen MR) is 88.9 cm³/mol. The minimum Gasteiger partial charge on any atom is -0.338 e. The van der Waals surface area contributed by atoms with Gasteiger partial charge in [0.1, 0.15) is 0 Å². The summed E-state index contributed by atoms with van der Waals surface area (Å²) in [7, 11) is 1.95. The van der Waals surface area contributed by atoms with Crippen molar-refractivity contribution in [1.82, 2.24) is 20.0 Å². The Morgan fingerprint density at radius 2 is 2.14 bits per heavy atom. The van der Waals surface area contributed by atoms with Crippen molar-refractivity contribution in [2.24, 2.45) is 5.92 Å². The molecule has 5 heteroatoms. The number of aromatic nitrogens is 2. The van der Waals surface area contributed by atoms with Gasteiger partial charge in [0, 0.05) is 36.9 Å². The number of nitrogens with one attached hydrogen (secondary N) is 1. The average molecular weight is 306 g/mol. The van der Waals surface area contributed by atoms with Gasteiger partial charge in [-0.15, -0.1) is 0 Å². The van der Waals surface area contributed by atoms with Gasteiger partial charge >= 0.3 is 0 Å². The minimum absolute atomic E-state index is 0.244. The van der Waals surface area contributed by atoms with Crippen LogP contribution in [-0.4, -0.2) is 46.8 Å². The van der Waals surface area contributed by atoms with Crippen LogP contribution in [0.4, 0.5) is 0 Å². The number of amides is 1. The van der Waals surface area contributed by atoms with Crippen molar-refractivity contribution in [3.8, 4) is 0 Å². The lowest BCUT2D eigenvalue weighted by Crippen LogP contribution is -2.41. The van der Waals surface area contributed by atoms with Gasteiger partial charge in [-0.25, -0.2) is 0 Å². The zero-order valence-electron chi connectivity index (χ0n) is 14.6. The lowest BCUT2D eigenvalue weighted by atomic mass is 10.1. The molecule has 0 bridgehead atoms. The Morgan fingerprint density at radius 1 is 1.41 bits per heavy atom. The number of rotatable bonds is 6. The van der Waals surface area contributed by atoms with Gasteiger partial charge < -0.3 is 10.2 Å². The summed E-state index contributed by atoms with van der Waals surface area (Å²) in [5.74, 6) is 0.799. The fraction of sp³-hybridized carbons (Fsp3) is 0.765. The van der Waals surface area contributed by atoms with Gasteiger partial charge in [0.15, 0.2) is 0 Å². The van der Waals surface area contributed by atoms with E-state index in [1.54, 1.807) is 0 Å². The van der Waals surface area contributed by atoms with Gasteiger partial charge in [-0.2, -0.15) is 5.10 Å². The maximum Gasteiger partial charge on any atom is 0.227 e. The van der Waals surface area contributed by atoms with Gasteiger partial charge in [0.2, 0.25) is 5.91 Å². The molecule has 1 aliphatic heterocycles. The third kappa shape index (κ3) is 3.69. The number of hydrogen-bond donors (Lipinski definition) is 1. The lowest BCUT2D eigenvalue weighted by molar-refractivity contribution is -0.131. The van der Waals surface area contributed by atoms with Gasteiger partial charge in [0.25, 0.3) is 0 Å². The molecule has 1 aromatic rings. The second-order valence-corrected chi connectivity index (χ2v) is 6.84. The first-order valence-corrected chi connectivity index (χ1v) is 8.41. The topological polar surface area (TPSA) is 50.2 Å². The molecule has 2 rings (SSSR count). The number of likely N-dealkylation sites (tertiary alicyclic amines) is 1. The molecule has 2 heterocycles. The van der Waals surface area contributed by atoms with Crippen LogP contribution in [0.3, 0.4) is 0 Å². The summed E-state index contributed by atoms with van der Waals surface area (Å²) in [6, 6.07) is 0.351. The van der Waals surface area contributed by atoms with Crippen molar-refractivity contribution in [1.29, 1.82) is 0 Å². The van der Waals surface area contributed by atoms with Crippen LogP contribution in [0.5, 0.6) is 0 Å². The first-order valence-electron chi connectivity index (χ1n) is 8.41. The Labute approximate surface area is 134 Å². The van der Waals surface area contributed by atoms with Crippen LogP contribution in [0.2, 0.25) is 0 Å². The van der Waals surface area contributed by atoms with Crippen LogP contribution in [0, 0.1) is 19.8 Å². The standard InChI is InChI=1S/C17H30N4O/c1-12(2)11-21-14(4)16(13(3)19-21)9-17(22)20-8-6-7-15(20)10-18-5/h12,15,18H,6-11H2,1-5H3. The molecular weight excluding hydrogens is 276 g/mol. The Balaban J connectivity index is 2.10.